The molecule has 0 heterocycles. The average Bonchev–Trinajstić information content (AvgIpc) is 2.95. The van der Waals surface area contributed by atoms with Crippen molar-refractivity contribution >= 4 is 5.97 Å². The Morgan fingerprint density at radius 2 is 2.04 bits per heavy atom. The average molecular weight is 351 g/mol. The van der Waals surface area contributed by atoms with Gasteiger partial charge in [0.1, 0.15) is 6.10 Å². The summed E-state index contributed by atoms with van der Waals surface area (Å²) in [7, 11) is 0. The van der Waals surface area contributed by atoms with Crippen LogP contribution in [0.3, 0.4) is 0 Å². The third-order valence-electron chi connectivity index (χ3n) is 7.35. The molecule has 0 aromatic heterocycles. The van der Waals surface area contributed by atoms with E-state index in [1.807, 2.05) is 30.3 Å². The van der Waals surface area contributed by atoms with Crippen LogP contribution in [0.2, 0.25) is 0 Å². The zero-order valence-electron chi connectivity index (χ0n) is 15.9. The molecular formula is C23H29NO2. The highest BCUT2D eigenvalue weighted by molar-refractivity contribution is 5.89. The zero-order chi connectivity index (χ0) is 18.4. The monoisotopic (exact) mass is 351 g/mol. The van der Waals surface area contributed by atoms with Crippen LogP contribution in [-0.2, 0) is 4.74 Å². The van der Waals surface area contributed by atoms with E-state index in [2.05, 4.69) is 19.9 Å². The number of esters is 1. The first kappa shape index (κ1) is 17.6. The minimum atomic E-state index is -0.191. The number of nitrogens with zero attached hydrogens (tertiary/aromatic N) is 1. The maximum atomic E-state index is 12.6. The molecule has 0 N–H and O–H groups in total. The molecule has 0 amide bonds. The van der Waals surface area contributed by atoms with E-state index in [4.69, 9.17) is 4.74 Å². The third-order valence-corrected chi connectivity index (χ3v) is 7.35. The van der Waals surface area contributed by atoms with Gasteiger partial charge in [-0.3, -0.25) is 0 Å². The molecule has 3 nitrogen and oxygen atoms in total. The minimum absolute atomic E-state index is 0.0252. The van der Waals surface area contributed by atoms with Crippen LogP contribution in [0.4, 0.5) is 0 Å². The fourth-order valence-electron chi connectivity index (χ4n) is 6.70. The summed E-state index contributed by atoms with van der Waals surface area (Å²) in [6, 6.07) is 12.0. The van der Waals surface area contributed by atoms with Gasteiger partial charge in [-0.05, 0) is 74.3 Å². The Labute approximate surface area is 156 Å². The lowest BCUT2D eigenvalue weighted by Crippen LogP contribution is -2.59. The van der Waals surface area contributed by atoms with Crippen LogP contribution in [0, 0.1) is 39.9 Å². The second-order valence-electron chi connectivity index (χ2n) is 9.21. The summed E-state index contributed by atoms with van der Waals surface area (Å²) in [6.45, 7) is 4.45. The normalized spacial score (nSPS) is 38.0. The van der Waals surface area contributed by atoms with Gasteiger partial charge in [0, 0.05) is 5.92 Å². The van der Waals surface area contributed by atoms with Crippen LogP contribution in [0.1, 0.15) is 69.2 Å². The van der Waals surface area contributed by atoms with E-state index in [0.29, 0.717) is 23.3 Å². The largest absolute Gasteiger partial charge is 0.458 e. The molecular weight excluding hydrogens is 322 g/mol. The van der Waals surface area contributed by atoms with Crippen LogP contribution in [0.15, 0.2) is 30.3 Å². The molecule has 3 heteroatoms. The van der Waals surface area contributed by atoms with E-state index in [-0.39, 0.29) is 22.9 Å². The molecule has 1 aromatic rings. The first-order chi connectivity index (χ1) is 12.5. The molecule has 26 heavy (non-hydrogen) atoms. The van der Waals surface area contributed by atoms with Crippen LogP contribution < -0.4 is 0 Å². The quantitative estimate of drug-likeness (QED) is 0.685. The molecule has 3 fully saturated rings. The molecule has 1 aromatic carbocycles. The number of carbonyl (C=O) groups is 1. The van der Waals surface area contributed by atoms with Crippen molar-refractivity contribution in [2.75, 3.05) is 0 Å². The highest BCUT2D eigenvalue weighted by Gasteiger charge is 2.70. The van der Waals surface area contributed by atoms with Crippen LogP contribution in [0.25, 0.3) is 0 Å². The number of ether oxygens (including phenoxy) is 1. The predicted octanol–water partition coefficient (Wildman–Crippen LogP) is 5.37. The lowest BCUT2D eigenvalue weighted by atomic mass is 9.41. The van der Waals surface area contributed by atoms with Gasteiger partial charge in [-0.1, -0.05) is 32.0 Å². The molecule has 2 unspecified atom stereocenters. The molecule has 3 aliphatic rings. The lowest BCUT2D eigenvalue weighted by Gasteiger charge is -2.62. The van der Waals surface area contributed by atoms with Crippen molar-refractivity contribution in [3.63, 3.8) is 0 Å². The fourth-order valence-corrected chi connectivity index (χ4v) is 6.70. The van der Waals surface area contributed by atoms with Gasteiger partial charge in [0.05, 0.1) is 17.0 Å². The molecule has 3 aliphatic carbocycles. The van der Waals surface area contributed by atoms with Crippen LogP contribution in [-0.4, -0.2) is 12.1 Å². The molecule has 0 aliphatic heterocycles. The van der Waals surface area contributed by atoms with Crippen molar-refractivity contribution in [2.45, 2.75) is 64.9 Å². The van der Waals surface area contributed by atoms with Gasteiger partial charge in [-0.2, -0.15) is 5.26 Å². The SMILES string of the molecule is CC(C)C[C@@]1(C#N)C[C@]23CCC[C@H](OC(=O)c4ccccc4)C2CCC13. The molecule has 0 saturated heterocycles. The summed E-state index contributed by atoms with van der Waals surface area (Å²) in [6.07, 6.45) is 7.59. The Bertz CT molecular complexity index is 721. The Morgan fingerprint density at radius 1 is 1.27 bits per heavy atom. The third kappa shape index (κ3) is 2.57. The highest BCUT2D eigenvalue weighted by atomic mass is 16.5. The van der Waals surface area contributed by atoms with Crippen LogP contribution in [0.5, 0.6) is 0 Å². The Morgan fingerprint density at radius 3 is 2.73 bits per heavy atom. The van der Waals surface area contributed by atoms with E-state index < -0.39 is 0 Å². The molecule has 4 rings (SSSR count). The van der Waals surface area contributed by atoms with Gasteiger partial charge in [0.15, 0.2) is 0 Å². The molecule has 5 atom stereocenters. The van der Waals surface area contributed by atoms with E-state index in [1.165, 1.54) is 6.42 Å². The van der Waals surface area contributed by atoms with Crippen molar-refractivity contribution in [1.82, 2.24) is 0 Å². The van der Waals surface area contributed by atoms with E-state index in [0.717, 1.165) is 38.5 Å². The van der Waals surface area contributed by atoms with Crippen molar-refractivity contribution in [3.8, 4) is 6.07 Å². The highest BCUT2D eigenvalue weighted by Crippen LogP contribution is 2.74. The van der Waals surface area contributed by atoms with E-state index in [9.17, 15) is 10.1 Å². The Balaban J connectivity index is 1.51. The minimum Gasteiger partial charge on any atom is -0.458 e. The molecule has 1 spiro atoms. The standard InChI is InChI=1S/C23H29NO2/c1-16(2)13-22(15-24)14-23-12-6-9-19(18(23)10-11-20(22)23)26-21(25)17-7-4-3-5-8-17/h3-5,7-8,16,18-20H,6,9-14H2,1-2H3/t18?,19-,20?,22-,23+/m0/s1. The van der Waals surface area contributed by atoms with Crippen molar-refractivity contribution in [2.24, 2.45) is 28.6 Å². The summed E-state index contributed by atoms with van der Waals surface area (Å²) in [5, 5.41) is 9.94. The van der Waals surface area contributed by atoms with Crippen LogP contribution >= 0.6 is 0 Å². The van der Waals surface area contributed by atoms with Crippen molar-refractivity contribution < 1.29 is 9.53 Å². The smallest absolute Gasteiger partial charge is 0.338 e. The molecule has 0 bridgehead atoms. The maximum Gasteiger partial charge on any atom is 0.338 e. The summed E-state index contributed by atoms with van der Waals surface area (Å²) in [4.78, 5) is 12.6. The number of rotatable bonds is 4. The number of benzene rings is 1. The van der Waals surface area contributed by atoms with Crippen molar-refractivity contribution in [3.05, 3.63) is 35.9 Å². The van der Waals surface area contributed by atoms with E-state index >= 15 is 0 Å². The summed E-state index contributed by atoms with van der Waals surface area (Å²) < 4.78 is 6.00. The Kier molecular flexibility index (Phi) is 4.34. The molecule has 3 saturated carbocycles. The second-order valence-corrected chi connectivity index (χ2v) is 9.21. The summed E-state index contributed by atoms with van der Waals surface area (Å²) in [5.74, 6) is 1.32. The molecule has 0 radical (unpaired) electrons. The Hall–Kier alpha value is -1.82. The number of carbonyl (C=O) groups excluding carboxylic acids is 1. The van der Waals surface area contributed by atoms with Gasteiger partial charge in [-0.25, -0.2) is 4.79 Å². The summed E-state index contributed by atoms with van der Waals surface area (Å²) in [5.41, 5.74) is 0.764. The van der Waals surface area contributed by atoms with Gasteiger partial charge in [-0.15, -0.1) is 0 Å². The zero-order valence-corrected chi connectivity index (χ0v) is 15.9. The maximum absolute atomic E-state index is 12.6. The van der Waals surface area contributed by atoms with Gasteiger partial charge in [0.25, 0.3) is 0 Å². The van der Waals surface area contributed by atoms with Gasteiger partial charge < -0.3 is 4.74 Å². The van der Waals surface area contributed by atoms with E-state index in [1.54, 1.807) is 0 Å². The fraction of sp³-hybridized carbons (Fsp3) is 0.652. The first-order valence-electron chi connectivity index (χ1n) is 10.2. The molecule has 138 valence electrons. The van der Waals surface area contributed by atoms with Gasteiger partial charge >= 0.3 is 5.97 Å². The second kappa shape index (κ2) is 6.41. The number of hydrogen-bond acceptors (Lipinski definition) is 3. The number of nitriles is 1. The topological polar surface area (TPSA) is 50.1 Å². The summed E-state index contributed by atoms with van der Waals surface area (Å²) >= 11 is 0. The first-order valence-corrected chi connectivity index (χ1v) is 10.2. The number of hydrogen-bond donors (Lipinski definition) is 0. The lowest BCUT2D eigenvalue weighted by molar-refractivity contribution is -0.152. The van der Waals surface area contributed by atoms with Gasteiger partial charge in [0.2, 0.25) is 0 Å². The predicted molar refractivity (Wildman–Crippen MR) is 100 cm³/mol. The van der Waals surface area contributed by atoms with Crippen molar-refractivity contribution in [1.29, 1.82) is 5.26 Å².